The average Bonchev–Trinajstić information content (AvgIpc) is 2.62. The molecule has 0 saturated carbocycles. The summed E-state index contributed by atoms with van der Waals surface area (Å²) in [4.78, 5) is 12.3. The largest absolute Gasteiger partial charge is 0.495 e. The normalized spacial score (nSPS) is 11.7. The molecule has 0 aliphatic heterocycles. The molecule has 2 aromatic rings. The molecule has 0 fully saturated rings. The number of carbonyl (C=O) groups is 1. The molecule has 0 bridgehead atoms. The highest BCUT2D eigenvalue weighted by atomic mass is 32.2. The Bertz CT molecular complexity index is 906. The first-order chi connectivity index (χ1) is 12.6. The van der Waals surface area contributed by atoms with Crippen LogP contribution in [0.5, 0.6) is 5.75 Å². The fraction of sp³-hybridized carbons (Fsp3) is 0.350. The van der Waals surface area contributed by atoms with Crippen LogP contribution in [0, 0.1) is 6.92 Å². The number of nitrogens with one attached hydrogen (secondary N) is 1. The minimum absolute atomic E-state index is 0.0573. The number of nitrogens with zero attached hydrogens (tertiary/aromatic N) is 1. The van der Waals surface area contributed by atoms with Crippen molar-refractivity contribution in [2.24, 2.45) is 0 Å². The minimum Gasteiger partial charge on any atom is -0.495 e. The highest BCUT2D eigenvalue weighted by Crippen LogP contribution is 2.29. The van der Waals surface area contributed by atoms with Crippen LogP contribution in [0.4, 0.5) is 5.69 Å². The smallest absolute Gasteiger partial charge is 0.246 e. The second kappa shape index (κ2) is 8.54. The number of rotatable bonds is 7. The maximum absolute atomic E-state index is 13.0. The Morgan fingerprint density at radius 3 is 2.33 bits per heavy atom. The number of anilines is 1. The second-order valence-electron chi connectivity index (χ2n) is 6.74. The van der Waals surface area contributed by atoms with Gasteiger partial charge in [0.1, 0.15) is 10.6 Å². The zero-order valence-corrected chi connectivity index (χ0v) is 17.1. The minimum atomic E-state index is -3.88. The Labute approximate surface area is 161 Å². The number of amides is 1. The number of benzene rings is 2. The maximum Gasteiger partial charge on any atom is 0.246 e. The van der Waals surface area contributed by atoms with Crippen molar-refractivity contribution in [1.82, 2.24) is 4.31 Å². The summed E-state index contributed by atoms with van der Waals surface area (Å²) in [7, 11) is -1.08. The lowest BCUT2D eigenvalue weighted by Crippen LogP contribution is -2.35. The SMILES string of the molecule is COc1ccc(C(C)C)cc1S(=O)(=O)N(C)CC(=O)Nc1ccc(C)cc1. The molecule has 6 nitrogen and oxygen atoms in total. The van der Waals surface area contributed by atoms with Crippen molar-refractivity contribution in [1.29, 1.82) is 0 Å². The molecule has 1 N–H and O–H groups in total. The van der Waals surface area contributed by atoms with Gasteiger partial charge < -0.3 is 10.1 Å². The standard InChI is InChI=1S/C20H26N2O4S/c1-14(2)16-8-11-18(26-5)19(12-16)27(24,25)22(4)13-20(23)21-17-9-6-15(3)7-10-17/h6-12,14H,13H2,1-5H3,(H,21,23). The van der Waals surface area contributed by atoms with Crippen molar-refractivity contribution in [3.8, 4) is 5.75 Å². The number of hydrogen-bond donors (Lipinski definition) is 1. The lowest BCUT2D eigenvalue weighted by molar-refractivity contribution is -0.116. The van der Waals surface area contributed by atoms with E-state index >= 15 is 0 Å². The van der Waals surface area contributed by atoms with Gasteiger partial charge in [-0.2, -0.15) is 4.31 Å². The highest BCUT2D eigenvalue weighted by molar-refractivity contribution is 7.89. The van der Waals surface area contributed by atoms with Crippen molar-refractivity contribution >= 4 is 21.6 Å². The molecule has 27 heavy (non-hydrogen) atoms. The molecule has 0 aromatic heterocycles. The summed E-state index contributed by atoms with van der Waals surface area (Å²) in [6.45, 7) is 5.61. The van der Waals surface area contributed by atoms with Gasteiger partial charge in [-0.25, -0.2) is 8.42 Å². The van der Waals surface area contributed by atoms with Crippen LogP contribution < -0.4 is 10.1 Å². The summed E-state index contributed by atoms with van der Waals surface area (Å²) in [5, 5.41) is 2.71. The zero-order chi connectivity index (χ0) is 20.2. The van der Waals surface area contributed by atoms with Gasteiger partial charge in [-0.05, 0) is 42.7 Å². The average molecular weight is 391 g/mol. The molecule has 2 rings (SSSR count). The number of aryl methyl sites for hydroxylation is 1. The van der Waals surface area contributed by atoms with E-state index in [1.807, 2.05) is 39.0 Å². The third kappa shape index (κ3) is 5.08. The van der Waals surface area contributed by atoms with Crippen molar-refractivity contribution in [2.75, 3.05) is 26.0 Å². The zero-order valence-electron chi connectivity index (χ0n) is 16.3. The van der Waals surface area contributed by atoms with E-state index in [-0.39, 0.29) is 23.1 Å². The number of hydrogen-bond acceptors (Lipinski definition) is 4. The van der Waals surface area contributed by atoms with Crippen LogP contribution in [0.15, 0.2) is 47.4 Å². The lowest BCUT2D eigenvalue weighted by Gasteiger charge is -2.20. The molecule has 0 saturated heterocycles. The summed E-state index contributed by atoms with van der Waals surface area (Å²) in [6.07, 6.45) is 0. The van der Waals surface area contributed by atoms with Gasteiger partial charge >= 0.3 is 0 Å². The number of methoxy groups -OCH3 is 1. The van der Waals surface area contributed by atoms with E-state index in [1.165, 1.54) is 14.2 Å². The van der Waals surface area contributed by atoms with Gasteiger partial charge in [0.15, 0.2) is 0 Å². The van der Waals surface area contributed by atoms with Crippen LogP contribution in [-0.2, 0) is 14.8 Å². The Hall–Kier alpha value is -2.38. The molecule has 1 amide bonds. The number of likely N-dealkylation sites (N-methyl/N-ethyl adjacent to an activating group) is 1. The Kier molecular flexibility index (Phi) is 6.62. The number of sulfonamides is 1. The molecule has 0 radical (unpaired) electrons. The molecule has 146 valence electrons. The number of ether oxygens (including phenoxy) is 1. The fourth-order valence-electron chi connectivity index (χ4n) is 2.55. The van der Waals surface area contributed by atoms with E-state index in [2.05, 4.69) is 5.32 Å². The molecular weight excluding hydrogens is 364 g/mol. The predicted molar refractivity (Wildman–Crippen MR) is 107 cm³/mol. The van der Waals surface area contributed by atoms with Crippen LogP contribution in [-0.4, -0.2) is 39.3 Å². The van der Waals surface area contributed by atoms with Crippen LogP contribution in [0.3, 0.4) is 0 Å². The van der Waals surface area contributed by atoms with Gasteiger partial charge in [-0.15, -0.1) is 0 Å². The maximum atomic E-state index is 13.0. The van der Waals surface area contributed by atoms with E-state index in [9.17, 15) is 13.2 Å². The van der Waals surface area contributed by atoms with Crippen molar-refractivity contribution in [2.45, 2.75) is 31.6 Å². The monoisotopic (exact) mass is 390 g/mol. The molecule has 0 spiro atoms. The van der Waals surface area contributed by atoms with E-state index in [4.69, 9.17) is 4.74 Å². The van der Waals surface area contributed by atoms with Crippen LogP contribution in [0.25, 0.3) is 0 Å². The fourth-order valence-corrected chi connectivity index (χ4v) is 3.86. The molecule has 7 heteroatoms. The molecule has 0 unspecified atom stereocenters. The molecular formula is C20H26N2O4S. The number of carbonyl (C=O) groups excluding carboxylic acids is 1. The van der Waals surface area contributed by atoms with Gasteiger partial charge in [0.25, 0.3) is 0 Å². The molecule has 0 atom stereocenters. The van der Waals surface area contributed by atoms with E-state index in [0.717, 1.165) is 15.4 Å². The molecule has 0 aliphatic carbocycles. The van der Waals surface area contributed by atoms with Gasteiger partial charge in [0.05, 0.1) is 13.7 Å². The first kappa shape index (κ1) is 20.9. The Balaban J connectivity index is 2.21. The van der Waals surface area contributed by atoms with Crippen molar-refractivity contribution in [3.63, 3.8) is 0 Å². The van der Waals surface area contributed by atoms with E-state index < -0.39 is 15.9 Å². The summed E-state index contributed by atoms with van der Waals surface area (Å²) < 4.78 is 32.2. The summed E-state index contributed by atoms with van der Waals surface area (Å²) >= 11 is 0. The van der Waals surface area contributed by atoms with E-state index in [1.54, 1.807) is 24.3 Å². The first-order valence-electron chi connectivity index (χ1n) is 8.66. The Morgan fingerprint density at radius 1 is 1.15 bits per heavy atom. The molecule has 0 aliphatic rings. The highest BCUT2D eigenvalue weighted by Gasteiger charge is 2.27. The topological polar surface area (TPSA) is 75.7 Å². The van der Waals surface area contributed by atoms with Gasteiger partial charge in [-0.3, -0.25) is 4.79 Å². The van der Waals surface area contributed by atoms with Crippen molar-refractivity contribution < 1.29 is 17.9 Å². The van der Waals surface area contributed by atoms with Gasteiger partial charge in [0.2, 0.25) is 15.9 Å². The first-order valence-corrected chi connectivity index (χ1v) is 10.1. The van der Waals surface area contributed by atoms with Crippen LogP contribution in [0.1, 0.15) is 30.9 Å². The second-order valence-corrected chi connectivity index (χ2v) is 8.75. The van der Waals surface area contributed by atoms with Crippen LogP contribution >= 0.6 is 0 Å². The summed E-state index contributed by atoms with van der Waals surface area (Å²) in [5.74, 6) is 0.00843. The molecule has 2 aromatic carbocycles. The van der Waals surface area contributed by atoms with Crippen LogP contribution in [0.2, 0.25) is 0 Å². The summed E-state index contributed by atoms with van der Waals surface area (Å²) in [5.41, 5.74) is 2.58. The third-order valence-electron chi connectivity index (χ3n) is 4.24. The lowest BCUT2D eigenvalue weighted by atomic mass is 10.0. The summed E-state index contributed by atoms with van der Waals surface area (Å²) in [6, 6.07) is 12.4. The van der Waals surface area contributed by atoms with Gasteiger partial charge in [-0.1, -0.05) is 37.6 Å². The molecule has 0 heterocycles. The third-order valence-corrected chi connectivity index (χ3v) is 6.07. The van der Waals surface area contributed by atoms with Gasteiger partial charge in [0, 0.05) is 12.7 Å². The quantitative estimate of drug-likeness (QED) is 0.786. The van der Waals surface area contributed by atoms with Crippen molar-refractivity contribution in [3.05, 3.63) is 53.6 Å². The van der Waals surface area contributed by atoms with E-state index in [0.29, 0.717) is 5.69 Å². The Morgan fingerprint density at radius 2 is 1.78 bits per heavy atom. The predicted octanol–water partition coefficient (Wildman–Crippen LogP) is 3.39.